The van der Waals surface area contributed by atoms with E-state index in [9.17, 15) is 19.2 Å². The van der Waals surface area contributed by atoms with E-state index in [0.717, 1.165) is 5.56 Å². The van der Waals surface area contributed by atoms with Crippen LogP contribution in [-0.4, -0.2) is 36.7 Å². The lowest BCUT2D eigenvalue weighted by Gasteiger charge is -2.08. The molecular formula is C21H23ClN4O4. The molecular weight excluding hydrogens is 408 g/mol. The topological polar surface area (TPSA) is 130 Å². The molecule has 2 rings (SSSR count). The summed E-state index contributed by atoms with van der Waals surface area (Å²) in [5, 5.41) is 8.50. The summed E-state index contributed by atoms with van der Waals surface area (Å²) in [6, 6.07) is 13.2. The number of nitrogens with one attached hydrogen (secondary N) is 3. The third kappa shape index (κ3) is 7.92. The Kier molecular flexibility index (Phi) is 8.83. The van der Waals surface area contributed by atoms with E-state index in [-0.39, 0.29) is 24.8 Å². The van der Waals surface area contributed by atoms with Crippen molar-refractivity contribution < 1.29 is 19.2 Å². The van der Waals surface area contributed by atoms with E-state index in [4.69, 9.17) is 17.3 Å². The molecule has 0 aliphatic carbocycles. The van der Waals surface area contributed by atoms with Crippen LogP contribution in [0, 0.1) is 0 Å². The maximum atomic E-state index is 12.0. The standard InChI is InChI=1S/C21H23ClN4O4/c22-17-9-7-16(8-10-17)20(29)24-11-1-2-19(28)25-12-14-3-5-15(6-4-14)21(30)26-13-18(23)27/h3-10H,1-2,11-13H2,(H2,23,27)(H,24,29)(H,25,28)(H,26,30). The highest BCUT2D eigenvalue weighted by atomic mass is 35.5. The van der Waals surface area contributed by atoms with Gasteiger partial charge in [-0.3, -0.25) is 19.2 Å². The smallest absolute Gasteiger partial charge is 0.251 e. The number of hydrogen-bond acceptors (Lipinski definition) is 4. The van der Waals surface area contributed by atoms with E-state index in [1.807, 2.05) is 0 Å². The first-order valence-electron chi connectivity index (χ1n) is 9.31. The molecule has 0 aliphatic rings. The van der Waals surface area contributed by atoms with Crippen LogP contribution >= 0.6 is 11.6 Å². The summed E-state index contributed by atoms with van der Waals surface area (Å²) in [6.45, 7) is 0.472. The van der Waals surface area contributed by atoms with E-state index >= 15 is 0 Å². The second-order valence-electron chi connectivity index (χ2n) is 6.49. The number of hydrogen-bond donors (Lipinski definition) is 4. The number of amides is 4. The summed E-state index contributed by atoms with van der Waals surface area (Å²) in [5.74, 6) is -1.37. The Balaban J connectivity index is 1.65. The van der Waals surface area contributed by atoms with Crippen molar-refractivity contribution in [2.24, 2.45) is 5.73 Å². The van der Waals surface area contributed by atoms with Gasteiger partial charge in [0.1, 0.15) is 0 Å². The first kappa shape index (κ1) is 22.9. The third-order valence-electron chi connectivity index (χ3n) is 4.10. The summed E-state index contributed by atoms with van der Waals surface area (Å²) in [7, 11) is 0. The number of carbonyl (C=O) groups is 4. The zero-order chi connectivity index (χ0) is 21.9. The Labute approximate surface area is 179 Å². The minimum atomic E-state index is -0.618. The molecule has 0 bridgehead atoms. The predicted molar refractivity (Wildman–Crippen MR) is 113 cm³/mol. The van der Waals surface area contributed by atoms with Gasteiger partial charge in [0, 0.05) is 35.7 Å². The molecule has 0 atom stereocenters. The summed E-state index contributed by atoms with van der Waals surface area (Å²) in [4.78, 5) is 46.4. The van der Waals surface area contributed by atoms with Crippen molar-refractivity contribution >= 4 is 35.2 Å². The Morgan fingerprint density at radius 3 is 1.97 bits per heavy atom. The molecule has 4 amide bonds. The summed E-state index contributed by atoms with van der Waals surface area (Å²) in [5.41, 5.74) is 6.71. The largest absolute Gasteiger partial charge is 0.368 e. The fraction of sp³-hybridized carbons (Fsp3) is 0.238. The van der Waals surface area contributed by atoms with Gasteiger partial charge in [-0.15, -0.1) is 0 Å². The maximum Gasteiger partial charge on any atom is 0.251 e. The van der Waals surface area contributed by atoms with Crippen LogP contribution in [0.1, 0.15) is 39.1 Å². The first-order valence-corrected chi connectivity index (χ1v) is 9.69. The zero-order valence-corrected chi connectivity index (χ0v) is 17.0. The molecule has 2 aromatic carbocycles. The Hall–Kier alpha value is -3.39. The predicted octanol–water partition coefficient (Wildman–Crippen LogP) is 1.38. The number of primary amides is 1. The van der Waals surface area contributed by atoms with E-state index in [0.29, 0.717) is 35.7 Å². The van der Waals surface area contributed by atoms with Crippen molar-refractivity contribution in [1.82, 2.24) is 16.0 Å². The molecule has 5 N–H and O–H groups in total. The SMILES string of the molecule is NC(=O)CNC(=O)c1ccc(CNC(=O)CCCNC(=O)c2ccc(Cl)cc2)cc1. The molecule has 30 heavy (non-hydrogen) atoms. The normalized spacial score (nSPS) is 10.2. The molecule has 0 spiro atoms. The van der Waals surface area contributed by atoms with E-state index in [2.05, 4.69) is 16.0 Å². The van der Waals surface area contributed by atoms with Crippen LogP contribution in [0.15, 0.2) is 48.5 Å². The van der Waals surface area contributed by atoms with Crippen molar-refractivity contribution in [1.29, 1.82) is 0 Å². The molecule has 2 aromatic rings. The molecule has 0 heterocycles. The number of benzene rings is 2. The molecule has 0 aliphatic heterocycles. The summed E-state index contributed by atoms with van der Waals surface area (Å²) < 4.78 is 0. The van der Waals surface area contributed by atoms with Gasteiger partial charge >= 0.3 is 0 Å². The van der Waals surface area contributed by atoms with Crippen LogP contribution in [0.3, 0.4) is 0 Å². The van der Waals surface area contributed by atoms with Gasteiger partial charge in [-0.1, -0.05) is 23.7 Å². The molecule has 0 aromatic heterocycles. The van der Waals surface area contributed by atoms with Crippen LogP contribution in [0.25, 0.3) is 0 Å². The van der Waals surface area contributed by atoms with Crippen LogP contribution in [0.2, 0.25) is 5.02 Å². The zero-order valence-electron chi connectivity index (χ0n) is 16.2. The Bertz CT molecular complexity index is 898. The number of carbonyl (C=O) groups excluding carboxylic acids is 4. The highest BCUT2D eigenvalue weighted by Crippen LogP contribution is 2.09. The monoisotopic (exact) mass is 430 g/mol. The lowest BCUT2D eigenvalue weighted by Crippen LogP contribution is -2.33. The molecule has 0 unspecified atom stereocenters. The van der Waals surface area contributed by atoms with Gasteiger partial charge in [-0.25, -0.2) is 0 Å². The van der Waals surface area contributed by atoms with E-state index < -0.39 is 11.8 Å². The third-order valence-corrected chi connectivity index (χ3v) is 4.35. The van der Waals surface area contributed by atoms with Gasteiger partial charge in [0.2, 0.25) is 11.8 Å². The molecule has 158 valence electrons. The number of halogens is 1. The highest BCUT2D eigenvalue weighted by molar-refractivity contribution is 6.30. The van der Waals surface area contributed by atoms with Gasteiger partial charge in [0.15, 0.2) is 0 Å². The fourth-order valence-electron chi connectivity index (χ4n) is 2.49. The first-order chi connectivity index (χ1) is 14.3. The van der Waals surface area contributed by atoms with E-state index in [1.54, 1.807) is 48.5 Å². The van der Waals surface area contributed by atoms with Crippen molar-refractivity contribution in [3.8, 4) is 0 Å². The molecule has 0 saturated carbocycles. The summed E-state index contributed by atoms with van der Waals surface area (Å²) >= 11 is 5.79. The van der Waals surface area contributed by atoms with Gasteiger partial charge in [-0.05, 0) is 48.4 Å². The van der Waals surface area contributed by atoms with Crippen molar-refractivity contribution in [3.63, 3.8) is 0 Å². The van der Waals surface area contributed by atoms with Crippen LogP contribution in [-0.2, 0) is 16.1 Å². The second kappa shape index (κ2) is 11.6. The number of rotatable bonds is 10. The molecule has 8 nitrogen and oxygen atoms in total. The number of nitrogens with two attached hydrogens (primary N) is 1. The molecule has 9 heteroatoms. The molecule has 0 saturated heterocycles. The van der Waals surface area contributed by atoms with Gasteiger partial charge < -0.3 is 21.7 Å². The average molecular weight is 431 g/mol. The quantitative estimate of drug-likeness (QED) is 0.424. The Morgan fingerprint density at radius 1 is 0.800 bits per heavy atom. The Morgan fingerprint density at radius 2 is 1.37 bits per heavy atom. The van der Waals surface area contributed by atoms with Crippen molar-refractivity contribution in [3.05, 3.63) is 70.2 Å². The lowest BCUT2D eigenvalue weighted by molar-refractivity contribution is -0.121. The van der Waals surface area contributed by atoms with Crippen molar-refractivity contribution in [2.45, 2.75) is 19.4 Å². The van der Waals surface area contributed by atoms with Crippen LogP contribution in [0.4, 0.5) is 0 Å². The van der Waals surface area contributed by atoms with Gasteiger partial charge in [0.05, 0.1) is 6.54 Å². The van der Waals surface area contributed by atoms with Crippen LogP contribution < -0.4 is 21.7 Å². The maximum absolute atomic E-state index is 12.0. The summed E-state index contributed by atoms with van der Waals surface area (Å²) in [6.07, 6.45) is 0.776. The lowest BCUT2D eigenvalue weighted by atomic mass is 10.1. The van der Waals surface area contributed by atoms with E-state index in [1.165, 1.54) is 0 Å². The van der Waals surface area contributed by atoms with Gasteiger partial charge in [-0.2, -0.15) is 0 Å². The molecule has 0 radical (unpaired) electrons. The molecule has 0 fully saturated rings. The second-order valence-corrected chi connectivity index (χ2v) is 6.93. The minimum absolute atomic E-state index is 0.140. The highest BCUT2D eigenvalue weighted by Gasteiger charge is 2.08. The average Bonchev–Trinajstić information content (AvgIpc) is 2.74. The van der Waals surface area contributed by atoms with Gasteiger partial charge in [0.25, 0.3) is 11.8 Å². The van der Waals surface area contributed by atoms with Crippen molar-refractivity contribution in [2.75, 3.05) is 13.1 Å². The van der Waals surface area contributed by atoms with Crippen LogP contribution in [0.5, 0.6) is 0 Å². The minimum Gasteiger partial charge on any atom is -0.368 e. The fourth-order valence-corrected chi connectivity index (χ4v) is 2.61.